The molecule has 0 aliphatic rings. The van der Waals surface area contributed by atoms with E-state index in [9.17, 15) is 9.50 Å². The Morgan fingerprint density at radius 3 is 2.03 bits per heavy atom. The Labute approximate surface area is 203 Å². The molecule has 0 saturated heterocycles. The Morgan fingerprint density at radius 1 is 0.909 bits per heavy atom. The predicted octanol–water partition coefficient (Wildman–Crippen LogP) is 7.60. The van der Waals surface area contributed by atoms with Crippen molar-refractivity contribution in [2.24, 2.45) is 0 Å². The monoisotopic (exact) mass is 473 g/mol. The SMILES string of the molecule is CCCCC(C)(Pc1ccc(F)cc1CN(C)C)c1cc(C(C)(C)C)cc(C(C)(C)C)c1O. The molecule has 2 unspecified atom stereocenters. The van der Waals surface area contributed by atoms with Crippen molar-refractivity contribution in [3.8, 4) is 5.75 Å². The lowest BCUT2D eigenvalue weighted by molar-refractivity contribution is 0.402. The van der Waals surface area contributed by atoms with Crippen LogP contribution in [0.3, 0.4) is 0 Å². The van der Waals surface area contributed by atoms with Crippen LogP contribution in [0.4, 0.5) is 4.39 Å². The van der Waals surface area contributed by atoms with Gasteiger partial charge >= 0.3 is 0 Å². The Kier molecular flexibility index (Phi) is 8.80. The number of phenols is 1. The van der Waals surface area contributed by atoms with Gasteiger partial charge in [-0.05, 0) is 65.5 Å². The molecule has 1 N–H and O–H groups in total. The number of nitrogens with zero attached hydrogens (tertiary/aromatic N) is 1. The molecule has 184 valence electrons. The van der Waals surface area contributed by atoms with Crippen LogP contribution in [0, 0.1) is 5.82 Å². The van der Waals surface area contributed by atoms with E-state index in [-0.39, 0.29) is 21.8 Å². The zero-order valence-corrected chi connectivity index (χ0v) is 23.5. The standard InChI is InChI=1S/C29H45FNOP/c1-11-12-15-29(8,33-25-14-13-22(30)16-20(25)19-31(9)10)24-18-21(27(2,3)4)17-23(26(24)32)28(5,6)7/h13-14,16-18,32-33H,11-12,15,19H2,1-10H3. The van der Waals surface area contributed by atoms with Crippen LogP contribution in [0.25, 0.3) is 0 Å². The average Bonchev–Trinajstić information content (AvgIpc) is 2.66. The quantitative estimate of drug-likeness (QED) is 0.399. The van der Waals surface area contributed by atoms with Gasteiger partial charge < -0.3 is 10.0 Å². The van der Waals surface area contributed by atoms with Crippen molar-refractivity contribution < 1.29 is 9.50 Å². The molecule has 0 aliphatic heterocycles. The summed E-state index contributed by atoms with van der Waals surface area (Å²) in [5, 5.41) is 12.6. The minimum Gasteiger partial charge on any atom is -0.507 e. The third-order valence-electron chi connectivity index (χ3n) is 6.37. The smallest absolute Gasteiger partial charge is 0.123 e. The fraction of sp³-hybridized carbons (Fsp3) is 0.586. The molecule has 0 bridgehead atoms. The normalized spacial score (nSPS) is 14.9. The van der Waals surface area contributed by atoms with Crippen LogP contribution in [0.1, 0.15) is 96.9 Å². The average molecular weight is 474 g/mol. The maximum atomic E-state index is 14.1. The first-order valence-corrected chi connectivity index (χ1v) is 13.2. The van der Waals surface area contributed by atoms with Crippen LogP contribution in [0.5, 0.6) is 5.75 Å². The van der Waals surface area contributed by atoms with Gasteiger partial charge in [-0.25, -0.2) is 4.39 Å². The maximum Gasteiger partial charge on any atom is 0.123 e. The van der Waals surface area contributed by atoms with Crippen molar-refractivity contribution in [3.05, 3.63) is 58.4 Å². The van der Waals surface area contributed by atoms with E-state index in [0.717, 1.165) is 36.0 Å². The minimum absolute atomic E-state index is 0.0246. The van der Waals surface area contributed by atoms with E-state index in [0.29, 0.717) is 20.9 Å². The number of aromatic hydroxyl groups is 1. The number of benzene rings is 2. The van der Waals surface area contributed by atoms with Crippen molar-refractivity contribution in [1.29, 1.82) is 0 Å². The second kappa shape index (κ2) is 10.4. The number of halogens is 1. The summed E-state index contributed by atoms with van der Waals surface area (Å²) < 4.78 is 14.1. The van der Waals surface area contributed by atoms with Gasteiger partial charge in [-0.2, -0.15) is 0 Å². The fourth-order valence-electron chi connectivity index (χ4n) is 4.31. The Morgan fingerprint density at radius 2 is 1.52 bits per heavy atom. The maximum absolute atomic E-state index is 14.1. The molecule has 0 amide bonds. The number of hydrogen-bond acceptors (Lipinski definition) is 2. The molecule has 2 atom stereocenters. The molecule has 0 radical (unpaired) electrons. The van der Waals surface area contributed by atoms with Gasteiger partial charge in [-0.1, -0.05) is 95.0 Å². The molecular weight excluding hydrogens is 428 g/mol. The summed E-state index contributed by atoms with van der Waals surface area (Å²) in [4.78, 5) is 2.08. The molecule has 4 heteroatoms. The van der Waals surface area contributed by atoms with E-state index in [2.05, 4.69) is 72.4 Å². The van der Waals surface area contributed by atoms with Crippen LogP contribution in [0.15, 0.2) is 30.3 Å². The van der Waals surface area contributed by atoms with E-state index in [1.807, 2.05) is 20.2 Å². The fourth-order valence-corrected chi connectivity index (χ4v) is 6.01. The highest BCUT2D eigenvalue weighted by Crippen LogP contribution is 2.51. The lowest BCUT2D eigenvalue weighted by atomic mass is 9.77. The summed E-state index contributed by atoms with van der Waals surface area (Å²) in [6.07, 6.45) is 3.16. The Bertz CT molecular complexity index is 955. The van der Waals surface area contributed by atoms with Crippen LogP contribution in [-0.4, -0.2) is 24.1 Å². The molecule has 2 aromatic rings. The van der Waals surface area contributed by atoms with Gasteiger partial charge in [-0.3, -0.25) is 0 Å². The first-order valence-electron chi connectivity index (χ1n) is 12.2. The number of rotatable bonds is 8. The van der Waals surface area contributed by atoms with Crippen LogP contribution in [0.2, 0.25) is 0 Å². The Balaban J connectivity index is 2.75. The lowest BCUT2D eigenvalue weighted by Gasteiger charge is -2.36. The van der Waals surface area contributed by atoms with Gasteiger partial charge in [0.2, 0.25) is 0 Å². The minimum atomic E-state index is -0.236. The van der Waals surface area contributed by atoms with Gasteiger partial charge in [0.1, 0.15) is 11.6 Å². The largest absolute Gasteiger partial charge is 0.507 e. The van der Waals surface area contributed by atoms with Crippen molar-refractivity contribution in [1.82, 2.24) is 4.90 Å². The predicted molar refractivity (Wildman–Crippen MR) is 144 cm³/mol. The highest BCUT2D eigenvalue weighted by atomic mass is 31.1. The second-order valence-electron chi connectivity index (χ2n) is 12.0. The van der Waals surface area contributed by atoms with Crippen molar-refractivity contribution in [2.75, 3.05) is 14.1 Å². The van der Waals surface area contributed by atoms with E-state index in [4.69, 9.17) is 0 Å². The summed E-state index contributed by atoms with van der Waals surface area (Å²) in [5.74, 6) is 0.237. The van der Waals surface area contributed by atoms with Crippen molar-refractivity contribution >= 4 is 13.9 Å². The molecule has 0 aromatic heterocycles. The van der Waals surface area contributed by atoms with Crippen molar-refractivity contribution in [2.45, 2.75) is 97.2 Å². The number of hydrogen-bond donors (Lipinski definition) is 1. The van der Waals surface area contributed by atoms with E-state index >= 15 is 0 Å². The van der Waals surface area contributed by atoms with Gasteiger partial charge in [0.05, 0.1) is 0 Å². The molecule has 0 saturated carbocycles. The molecule has 33 heavy (non-hydrogen) atoms. The summed E-state index contributed by atoms with van der Waals surface area (Å²) in [5.41, 5.74) is 4.13. The third-order valence-corrected chi connectivity index (χ3v) is 8.20. The van der Waals surface area contributed by atoms with Gasteiger partial charge in [0.15, 0.2) is 0 Å². The third kappa shape index (κ3) is 7.03. The zero-order chi connectivity index (χ0) is 25.2. The summed E-state index contributed by atoms with van der Waals surface area (Å²) in [6.45, 7) is 18.4. The van der Waals surface area contributed by atoms with E-state index in [1.165, 1.54) is 10.9 Å². The summed E-state index contributed by atoms with van der Waals surface area (Å²) in [6, 6.07) is 9.63. The first kappa shape index (κ1) is 27.8. The molecule has 0 aliphatic carbocycles. The highest BCUT2D eigenvalue weighted by Gasteiger charge is 2.35. The van der Waals surface area contributed by atoms with Crippen LogP contribution >= 0.6 is 8.58 Å². The van der Waals surface area contributed by atoms with Crippen LogP contribution < -0.4 is 5.30 Å². The number of phenolic OH excluding ortho intramolecular Hbond substituents is 1. The first-order chi connectivity index (χ1) is 15.1. The molecular formula is C29H45FNOP. The number of unbranched alkanes of at least 4 members (excludes halogenated alkanes) is 1. The van der Waals surface area contributed by atoms with Gasteiger partial charge in [0.25, 0.3) is 0 Å². The molecule has 2 rings (SSSR count). The highest BCUT2D eigenvalue weighted by molar-refractivity contribution is 7.48. The topological polar surface area (TPSA) is 23.5 Å². The van der Waals surface area contributed by atoms with E-state index < -0.39 is 0 Å². The Hall–Kier alpha value is -1.44. The molecule has 0 spiro atoms. The molecule has 2 aromatic carbocycles. The van der Waals surface area contributed by atoms with Gasteiger partial charge in [-0.15, -0.1) is 0 Å². The zero-order valence-electron chi connectivity index (χ0n) is 22.5. The van der Waals surface area contributed by atoms with Crippen LogP contribution in [-0.2, 0) is 22.5 Å². The lowest BCUT2D eigenvalue weighted by Crippen LogP contribution is -2.26. The molecule has 0 heterocycles. The van der Waals surface area contributed by atoms with E-state index in [1.54, 1.807) is 12.1 Å². The van der Waals surface area contributed by atoms with Crippen molar-refractivity contribution in [3.63, 3.8) is 0 Å². The van der Waals surface area contributed by atoms with Gasteiger partial charge in [0, 0.05) is 17.3 Å². The summed E-state index contributed by atoms with van der Waals surface area (Å²) in [7, 11) is 4.47. The molecule has 2 nitrogen and oxygen atoms in total. The second-order valence-corrected chi connectivity index (χ2v) is 13.9. The summed E-state index contributed by atoms with van der Waals surface area (Å²) >= 11 is 0. The molecule has 0 fully saturated rings.